The van der Waals surface area contributed by atoms with Crippen LogP contribution in [0.3, 0.4) is 0 Å². The highest BCUT2D eigenvalue weighted by molar-refractivity contribution is 6.30. The Bertz CT molecular complexity index is 1030. The minimum absolute atomic E-state index is 0.301. The second-order valence-corrected chi connectivity index (χ2v) is 7.86. The molecule has 29 heavy (non-hydrogen) atoms. The zero-order valence-corrected chi connectivity index (χ0v) is 17.3. The van der Waals surface area contributed by atoms with Crippen molar-refractivity contribution in [2.24, 2.45) is 0 Å². The Morgan fingerprint density at radius 1 is 1.10 bits per heavy atom. The van der Waals surface area contributed by atoms with Gasteiger partial charge in [-0.05, 0) is 36.1 Å². The molecule has 1 aliphatic heterocycles. The number of hydrogen-bond donors (Lipinski definition) is 1. The molecular weight excluding hydrogens is 382 g/mol. The number of ether oxygens (including phenoxy) is 1. The minimum atomic E-state index is -0.804. The van der Waals surface area contributed by atoms with Gasteiger partial charge in [0.25, 0.3) is 0 Å². The summed E-state index contributed by atoms with van der Waals surface area (Å²) in [5.41, 5.74) is 4.81. The van der Waals surface area contributed by atoms with Gasteiger partial charge in [-0.25, -0.2) is 0 Å². The van der Waals surface area contributed by atoms with Gasteiger partial charge in [-0.15, -0.1) is 0 Å². The van der Waals surface area contributed by atoms with E-state index in [1.54, 1.807) is 12.4 Å². The molecular formula is C25H24ClNO2. The summed E-state index contributed by atoms with van der Waals surface area (Å²) >= 11 is 6.20. The van der Waals surface area contributed by atoms with Crippen molar-refractivity contribution in [3.8, 4) is 0 Å². The lowest BCUT2D eigenvalue weighted by atomic mass is 9.82. The van der Waals surface area contributed by atoms with Gasteiger partial charge in [0.1, 0.15) is 11.9 Å². The Kier molecular flexibility index (Phi) is 5.70. The predicted molar refractivity (Wildman–Crippen MR) is 117 cm³/mol. The number of aliphatic hydroxyl groups excluding tert-OH is 1. The summed E-state index contributed by atoms with van der Waals surface area (Å²) < 4.78 is 6.30. The number of benzene rings is 2. The van der Waals surface area contributed by atoms with Gasteiger partial charge in [0, 0.05) is 34.1 Å². The highest BCUT2D eigenvalue weighted by Crippen LogP contribution is 2.51. The van der Waals surface area contributed by atoms with Crippen molar-refractivity contribution in [1.29, 1.82) is 0 Å². The zero-order chi connectivity index (χ0) is 20.4. The van der Waals surface area contributed by atoms with Crippen LogP contribution in [0.15, 0.2) is 78.6 Å². The van der Waals surface area contributed by atoms with Gasteiger partial charge in [-0.3, -0.25) is 4.98 Å². The molecule has 1 N–H and O–H groups in total. The zero-order valence-electron chi connectivity index (χ0n) is 16.5. The van der Waals surface area contributed by atoms with Crippen molar-refractivity contribution in [3.05, 3.63) is 106 Å². The van der Waals surface area contributed by atoms with Crippen LogP contribution in [0.1, 0.15) is 60.6 Å². The number of nitrogens with zero attached hydrogens (tertiary/aromatic N) is 1. The van der Waals surface area contributed by atoms with Crippen LogP contribution in [0.4, 0.5) is 0 Å². The van der Waals surface area contributed by atoms with Crippen LogP contribution in [-0.2, 0) is 4.74 Å². The first-order valence-corrected chi connectivity index (χ1v) is 10.3. The van der Waals surface area contributed by atoms with E-state index >= 15 is 0 Å². The Morgan fingerprint density at radius 2 is 1.93 bits per heavy atom. The smallest absolute Gasteiger partial charge is 0.152 e. The average molecular weight is 406 g/mol. The maximum absolute atomic E-state index is 11.2. The molecule has 3 aromatic rings. The molecule has 0 aliphatic carbocycles. The topological polar surface area (TPSA) is 42.4 Å². The number of rotatable bonds is 6. The molecule has 0 amide bonds. The molecule has 1 aromatic heterocycles. The Labute approximate surface area is 176 Å². The maximum atomic E-state index is 11.2. The quantitative estimate of drug-likeness (QED) is 0.511. The number of aromatic nitrogens is 1. The molecule has 3 nitrogen and oxygen atoms in total. The van der Waals surface area contributed by atoms with Gasteiger partial charge in [-0.1, -0.05) is 67.9 Å². The molecule has 0 bridgehead atoms. The molecule has 0 spiro atoms. The van der Waals surface area contributed by atoms with Crippen LogP contribution >= 0.6 is 11.6 Å². The lowest BCUT2D eigenvalue weighted by Gasteiger charge is -2.38. The monoisotopic (exact) mass is 405 g/mol. The van der Waals surface area contributed by atoms with Gasteiger partial charge in [0.05, 0.1) is 5.57 Å². The van der Waals surface area contributed by atoms with E-state index in [1.807, 2.05) is 42.5 Å². The summed E-state index contributed by atoms with van der Waals surface area (Å²) in [5, 5.41) is 11.9. The average Bonchev–Trinajstić information content (AvgIpc) is 2.73. The highest BCUT2D eigenvalue weighted by Gasteiger charge is 2.40. The number of hydrogen-bond acceptors (Lipinski definition) is 3. The Morgan fingerprint density at radius 3 is 2.66 bits per heavy atom. The first-order valence-electron chi connectivity index (χ1n) is 9.93. The van der Waals surface area contributed by atoms with Gasteiger partial charge >= 0.3 is 0 Å². The van der Waals surface area contributed by atoms with Crippen molar-refractivity contribution < 1.29 is 9.84 Å². The summed E-state index contributed by atoms with van der Waals surface area (Å²) in [6.45, 7) is 4.40. The predicted octanol–water partition coefficient (Wildman–Crippen LogP) is 6.46. The molecule has 3 unspecified atom stereocenters. The summed E-state index contributed by atoms with van der Waals surface area (Å²) in [6, 6.07) is 19.6. The van der Waals surface area contributed by atoms with E-state index in [1.165, 1.54) is 5.56 Å². The van der Waals surface area contributed by atoms with Crippen LogP contribution < -0.4 is 0 Å². The fourth-order valence-corrected chi connectivity index (χ4v) is 4.00. The Balaban J connectivity index is 1.82. The molecule has 2 aromatic carbocycles. The molecule has 3 atom stereocenters. The first-order chi connectivity index (χ1) is 14.1. The summed E-state index contributed by atoms with van der Waals surface area (Å²) in [6.07, 6.45) is 3.33. The van der Waals surface area contributed by atoms with Crippen LogP contribution in [-0.4, -0.2) is 10.1 Å². The lowest BCUT2D eigenvalue weighted by molar-refractivity contribution is 0.0931. The van der Waals surface area contributed by atoms with Crippen molar-refractivity contribution in [2.75, 3.05) is 0 Å². The molecule has 0 saturated carbocycles. The molecule has 1 aliphatic rings. The van der Waals surface area contributed by atoms with Crippen molar-refractivity contribution >= 4 is 17.4 Å². The molecule has 2 heterocycles. The third-order valence-electron chi connectivity index (χ3n) is 5.58. The third-order valence-corrected chi connectivity index (χ3v) is 5.82. The Hall–Kier alpha value is -2.62. The van der Waals surface area contributed by atoms with Gasteiger partial charge in [0.2, 0.25) is 0 Å². The van der Waals surface area contributed by atoms with E-state index in [0.717, 1.165) is 28.7 Å². The summed E-state index contributed by atoms with van der Waals surface area (Å²) in [7, 11) is 0. The molecule has 4 heteroatoms. The SMILES string of the molecule is CCC(C)c1ccccc1C1OC(c2cccc(Cl)c2)=C1C(O)c1cccnc1. The van der Waals surface area contributed by atoms with Gasteiger partial charge in [-0.2, -0.15) is 0 Å². The fraction of sp³-hybridized carbons (Fsp3) is 0.240. The van der Waals surface area contributed by atoms with Crippen molar-refractivity contribution in [3.63, 3.8) is 0 Å². The second-order valence-electron chi connectivity index (χ2n) is 7.42. The van der Waals surface area contributed by atoms with E-state index in [0.29, 0.717) is 16.7 Å². The van der Waals surface area contributed by atoms with Gasteiger partial charge < -0.3 is 9.84 Å². The van der Waals surface area contributed by atoms with Crippen LogP contribution in [0.2, 0.25) is 5.02 Å². The highest BCUT2D eigenvalue weighted by atomic mass is 35.5. The molecule has 4 rings (SSSR count). The molecule has 148 valence electrons. The van der Waals surface area contributed by atoms with Crippen LogP contribution in [0.5, 0.6) is 0 Å². The van der Waals surface area contributed by atoms with Crippen molar-refractivity contribution in [1.82, 2.24) is 4.98 Å². The summed E-state index contributed by atoms with van der Waals surface area (Å²) in [4.78, 5) is 4.17. The van der Waals surface area contributed by atoms with E-state index in [9.17, 15) is 5.11 Å². The minimum Gasteiger partial charge on any atom is -0.480 e. The number of aliphatic hydroxyl groups is 1. The normalized spacial score (nSPS) is 18.0. The summed E-state index contributed by atoms with van der Waals surface area (Å²) in [5.74, 6) is 1.09. The molecule has 0 fully saturated rings. The number of pyridine rings is 1. The van der Waals surface area contributed by atoms with E-state index < -0.39 is 6.10 Å². The maximum Gasteiger partial charge on any atom is 0.152 e. The van der Waals surface area contributed by atoms with E-state index in [2.05, 4.69) is 37.0 Å². The van der Waals surface area contributed by atoms with E-state index in [-0.39, 0.29) is 6.10 Å². The van der Waals surface area contributed by atoms with Crippen molar-refractivity contribution in [2.45, 2.75) is 38.4 Å². The lowest BCUT2D eigenvalue weighted by Crippen LogP contribution is -2.25. The third kappa shape index (κ3) is 3.81. The molecule has 0 radical (unpaired) electrons. The fourth-order valence-electron chi connectivity index (χ4n) is 3.81. The standard InChI is InChI=1S/C25H24ClNO2/c1-3-16(2)20-11-4-5-12-21(20)25-22(23(28)18-9-7-13-27-15-18)24(29-25)17-8-6-10-19(26)14-17/h4-16,23,25,28H,3H2,1-2H3. The van der Waals surface area contributed by atoms with E-state index in [4.69, 9.17) is 16.3 Å². The largest absolute Gasteiger partial charge is 0.480 e. The van der Waals surface area contributed by atoms with Crippen LogP contribution in [0.25, 0.3) is 5.76 Å². The molecule has 0 saturated heterocycles. The van der Waals surface area contributed by atoms with Crippen LogP contribution in [0, 0.1) is 0 Å². The second kappa shape index (κ2) is 8.40. The van der Waals surface area contributed by atoms with Gasteiger partial charge in [0.15, 0.2) is 6.10 Å². The first kappa shape index (κ1) is 19.7. The number of halogens is 1.